The third-order valence-electron chi connectivity index (χ3n) is 3.06. The van der Waals surface area contributed by atoms with Crippen molar-refractivity contribution < 1.29 is 4.79 Å². The molecule has 0 atom stereocenters. The van der Waals surface area contributed by atoms with Crippen molar-refractivity contribution in [1.29, 1.82) is 0 Å². The fourth-order valence-electron chi connectivity index (χ4n) is 2.07. The summed E-state index contributed by atoms with van der Waals surface area (Å²) in [6.45, 7) is 1.40. The Balaban J connectivity index is 0.00000144. The normalized spacial score (nSPS) is 16.3. The van der Waals surface area contributed by atoms with Crippen molar-refractivity contribution in [2.24, 2.45) is 5.73 Å². The molecule has 2 rings (SSSR count). The van der Waals surface area contributed by atoms with Crippen molar-refractivity contribution in [3.05, 3.63) is 29.8 Å². The van der Waals surface area contributed by atoms with E-state index in [0.29, 0.717) is 13.0 Å². The largest absolute Gasteiger partial charge is 0.326 e. The SMILES string of the molecule is Cl.NCc1ccc(N2CCCCCC2=O)cc1. The molecule has 1 amide bonds. The number of halogens is 1. The number of amides is 1. The van der Waals surface area contributed by atoms with E-state index in [1.165, 1.54) is 0 Å². The van der Waals surface area contributed by atoms with Crippen LogP contribution in [-0.4, -0.2) is 12.5 Å². The molecule has 0 aliphatic carbocycles. The van der Waals surface area contributed by atoms with Crippen LogP contribution < -0.4 is 10.6 Å². The highest BCUT2D eigenvalue weighted by Crippen LogP contribution is 2.20. The Labute approximate surface area is 108 Å². The first kappa shape index (κ1) is 14.0. The molecule has 0 aromatic heterocycles. The Bertz CT molecular complexity index is 364. The van der Waals surface area contributed by atoms with Crippen LogP contribution in [0.5, 0.6) is 0 Å². The van der Waals surface area contributed by atoms with E-state index in [4.69, 9.17) is 5.73 Å². The lowest BCUT2D eigenvalue weighted by Crippen LogP contribution is -2.29. The van der Waals surface area contributed by atoms with Gasteiger partial charge in [-0.05, 0) is 30.5 Å². The lowest BCUT2D eigenvalue weighted by molar-refractivity contribution is -0.118. The molecule has 0 unspecified atom stereocenters. The molecule has 1 heterocycles. The maximum absolute atomic E-state index is 11.9. The van der Waals surface area contributed by atoms with Crippen molar-refractivity contribution in [3.8, 4) is 0 Å². The van der Waals surface area contributed by atoms with Crippen molar-refractivity contribution in [2.45, 2.75) is 32.2 Å². The van der Waals surface area contributed by atoms with Gasteiger partial charge in [0, 0.05) is 25.2 Å². The van der Waals surface area contributed by atoms with Gasteiger partial charge in [-0.25, -0.2) is 0 Å². The number of anilines is 1. The van der Waals surface area contributed by atoms with Gasteiger partial charge >= 0.3 is 0 Å². The number of carbonyl (C=O) groups is 1. The molecule has 1 saturated heterocycles. The fourth-order valence-corrected chi connectivity index (χ4v) is 2.07. The summed E-state index contributed by atoms with van der Waals surface area (Å²) in [7, 11) is 0. The van der Waals surface area contributed by atoms with Gasteiger partial charge in [0.2, 0.25) is 5.91 Å². The predicted octanol–water partition coefficient (Wildman–Crippen LogP) is 2.47. The molecular weight excluding hydrogens is 236 g/mol. The van der Waals surface area contributed by atoms with Crippen molar-refractivity contribution in [2.75, 3.05) is 11.4 Å². The highest BCUT2D eigenvalue weighted by Gasteiger charge is 2.17. The molecule has 0 radical (unpaired) electrons. The molecule has 3 nitrogen and oxygen atoms in total. The third-order valence-corrected chi connectivity index (χ3v) is 3.06. The van der Waals surface area contributed by atoms with E-state index in [1.807, 2.05) is 29.2 Å². The maximum atomic E-state index is 11.9. The Morgan fingerprint density at radius 1 is 1.12 bits per heavy atom. The Morgan fingerprint density at radius 2 is 1.82 bits per heavy atom. The number of hydrogen-bond acceptors (Lipinski definition) is 2. The van der Waals surface area contributed by atoms with Crippen molar-refractivity contribution in [1.82, 2.24) is 0 Å². The number of carbonyl (C=O) groups excluding carboxylic acids is 1. The number of benzene rings is 1. The average Bonchev–Trinajstić information content (AvgIpc) is 2.54. The van der Waals surface area contributed by atoms with E-state index in [1.54, 1.807) is 0 Å². The molecule has 1 fully saturated rings. The van der Waals surface area contributed by atoms with Crippen LogP contribution in [0.1, 0.15) is 31.2 Å². The standard InChI is InChI=1S/C13H18N2O.ClH/c14-10-11-5-7-12(8-6-11)15-9-3-1-2-4-13(15)16;/h5-8H,1-4,9-10,14H2;1H. The van der Waals surface area contributed by atoms with Gasteiger partial charge in [0.1, 0.15) is 0 Å². The molecule has 1 aromatic rings. The van der Waals surface area contributed by atoms with Gasteiger partial charge in [-0.1, -0.05) is 18.6 Å². The van der Waals surface area contributed by atoms with Crippen LogP contribution in [-0.2, 0) is 11.3 Å². The molecule has 0 bridgehead atoms. The third kappa shape index (κ3) is 3.45. The highest BCUT2D eigenvalue weighted by molar-refractivity contribution is 5.93. The topological polar surface area (TPSA) is 46.3 Å². The number of nitrogens with two attached hydrogens (primary N) is 1. The van der Waals surface area contributed by atoms with Crippen LogP contribution in [0.3, 0.4) is 0 Å². The first-order valence-corrected chi connectivity index (χ1v) is 5.90. The molecule has 0 spiro atoms. The maximum Gasteiger partial charge on any atom is 0.226 e. The summed E-state index contributed by atoms with van der Waals surface area (Å²) in [4.78, 5) is 13.8. The van der Waals surface area contributed by atoms with E-state index in [2.05, 4.69) is 0 Å². The minimum absolute atomic E-state index is 0. The van der Waals surface area contributed by atoms with E-state index in [0.717, 1.165) is 37.1 Å². The van der Waals surface area contributed by atoms with E-state index >= 15 is 0 Å². The summed E-state index contributed by atoms with van der Waals surface area (Å²) in [6, 6.07) is 7.97. The van der Waals surface area contributed by atoms with Gasteiger partial charge in [0.25, 0.3) is 0 Å². The molecule has 0 saturated carbocycles. The molecule has 17 heavy (non-hydrogen) atoms. The predicted molar refractivity (Wildman–Crippen MR) is 72.4 cm³/mol. The summed E-state index contributed by atoms with van der Waals surface area (Å²) < 4.78 is 0. The van der Waals surface area contributed by atoms with Crippen LogP contribution in [0.4, 0.5) is 5.69 Å². The second kappa shape index (κ2) is 6.62. The van der Waals surface area contributed by atoms with Gasteiger partial charge in [0.15, 0.2) is 0 Å². The number of hydrogen-bond donors (Lipinski definition) is 1. The summed E-state index contributed by atoms with van der Waals surface area (Å²) in [5, 5.41) is 0. The monoisotopic (exact) mass is 254 g/mol. The quantitative estimate of drug-likeness (QED) is 0.881. The second-order valence-corrected chi connectivity index (χ2v) is 4.23. The minimum Gasteiger partial charge on any atom is -0.326 e. The molecule has 1 aliphatic rings. The summed E-state index contributed by atoms with van der Waals surface area (Å²) in [6.07, 6.45) is 3.96. The highest BCUT2D eigenvalue weighted by atomic mass is 35.5. The number of rotatable bonds is 2. The van der Waals surface area contributed by atoms with E-state index < -0.39 is 0 Å². The van der Waals surface area contributed by atoms with Gasteiger partial charge < -0.3 is 10.6 Å². The smallest absolute Gasteiger partial charge is 0.226 e. The zero-order chi connectivity index (χ0) is 11.4. The number of nitrogens with zero attached hydrogens (tertiary/aromatic N) is 1. The Morgan fingerprint density at radius 3 is 2.47 bits per heavy atom. The van der Waals surface area contributed by atoms with E-state index in [9.17, 15) is 4.79 Å². The summed E-state index contributed by atoms with van der Waals surface area (Å²) in [5.74, 6) is 0.248. The first-order valence-electron chi connectivity index (χ1n) is 5.90. The van der Waals surface area contributed by atoms with Crippen molar-refractivity contribution >= 4 is 24.0 Å². The molecule has 1 aliphatic heterocycles. The lowest BCUT2D eigenvalue weighted by Gasteiger charge is -2.20. The van der Waals surface area contributed by atoms with Crippen LogP contribution in [0.15, 0.2) is 24.3 Å². The fraction of sp³-hybridized carbons (Fsp3) is 0.462. The first-order chi connectivity index (χ1) is 7.81. The van der Waals surface area contributed by atoms with E-state index in [-0.39, 0.29) is 18.3 Å². The molecule has 4 heteroatoms. The second-order valence-electron chi connectivity index (χ2n) is 4.23. The van der Waals surface area contributed by atoms with Crippen LogP contribution in [0.2, 0.25) is 0 Å². The van der Waals surface area contributed by atoms with Crippen LogP contribution in [0, 0.1) is 0 Å². The van der Waals surface area contributed by atoms with Gasteiger partial charge in [-0.15, -0.1) is 12.4 Å². The molecule has 1 aromatic carbocycles. The molecular formula is C13H19ClN2O. The van der Waals surface area contributed by atoms with Gasteiger partial charge in [-0.2, -0.15) is 0 Å². The Kier molecular flexibility index (Phi) is 5.45. The molecule has 94 valence electrons. The summed E-state index contributed by atoms with van der Waals surface area (Å²) >= 11 is 0. The average molecular weight is 255 g/mol. The minimum atomic E-state index is 0. The van der Waals surface area contributed by atoms with Crippen LogP contribution in [0.25, 0.3) is 0 Å². The Hall–Kier alpha value is -1.06. The van der Waals surface area contributed by atoms with Crippen molar-refractivity contribution in [3.63, 3.8) is 0 Å². The lowest BCUT2D eigenvalue weighted by atomic mass is 10.2. The van der Waals surface area contributed by atoms with Gasteiger partial charge in [-0.3, -0.25) is 4.79 Å². The molecule has 2 N–H and O–H groups in total. The van der Waals surface area contributed by atoms with Gasteiger partial charge in [0.05, 0.1) is 0 Å². The zero-order valence-electron chi connectivity index (χ0n) is 9.89. The summed E-state index contributed by atoms with van der Waals surface area (Å²) in [5.41, 5.74) is 7.66. The van der Waals surface area contributed by atoms with Crippen LogP contribution >= 0.6 is 12.4 Å². The zero-order valence-corrected chi connectivity index (χ0v) is 10.7.